The molecule has 0 aliphatic heterocycles. The molecule has 0 N–H and O–H groups in total. The van der Waals surface area contributed by atoms with E-state index >= 15 is 0 Å². The summed E-state index contributed by atoms with van der Waals surface area (Å²) in [5.41, 5.74) is 3.17. The fraction of sp³-hybridized carbons (Fsp3) is 0.409. The third-order valence-electron chi connectivity index (χ3n) is 5.82. The number of hydrogen-bond donors (Lipinski definition) is 0. The van der Waals surface area contributed by atoms with Crippen LogP contribution in [-0.2, 0) is 6.42 Å². The van der Waals surface area contributed by atoms with Gasteiger partial charge in [0.25, 0.3) is 0 Å². The quantitative estimate of drug-likeness (QED) is 0.596. The van der Waals surface area contributed by atoms with E-state index in [9.17, 15) is 9.59 Å². The molecule has 3 heterocycles. The Hall–Kier alpha value is -2.27. The second kappa shape index (κ2) is 6.13. The standard InChI is InChI=1S/C22H22N2O2S/c1-12-4-3-5-14-10-19(27-21(12)14)18-9-8-16-20(26)17(13(2)25)11-24(15-6-7-15)22(16)23-18/h8-12,15H,3-7H2,1-2H3. The summed E-state index contributed by atoms with van der Waals surface area (Å²) >= 11 is 1.84. The van der Waals surface area contributed by atoms with E-state index in [1.54, 1.807) is 6.20 Å². The predicted octanol–water partition coefficient (Wildman–Crippen LogP) is 5.10. The molecular formula is C22H22N2O2S. The van der Waals surface area contributed by atoms with Crippen LogP contribution in [0.4, 0.5) is 0 Å². The second-order valence-corrected chi connectivity index (χ2v) is 9.01. The van der Waals surface area contributed by atoms with Gasteiger partial charge in [-0.1, -0.05) is 6.92 Å². The lowest BCUT2D eigenvalue weighted by Crippen LogP contribution is -2.18. The molecule has 2 aliphatic carbocycles. The zero-order valence-electron chi connectivity index (χ0n) is 15.6. The highest BCUT2D eigenvalue weighted by Gasteiger charge is 2.27. The van der Waals surface area contributed by atoms with E-state index in [0.717, 1.165) is 25.0 Å². The summed E-state index contributed by atoms with van der Waals surface area (Å²) in [6.45, 7) is 3.76. The first-order valence-corrected chi connectivity index (χ1v) is 10.5. The van der Waals surface area contributed by atoms with Gasteiger partial charge in [-0.05, 0) is 68.7 Å². The number of aryl methyl sites for hydroxylation is 1. The Kier molecular flexibility index (Phi) is 3.83. The summed E-state index contributed by atoms with van der Waals surface area (Å²) in [6, 6.07) is 6.43. The Balaban J connectivity index is 1.70. The van der Waals surface area contributed by atoms with Crippen LogP contribution in [0.15, 0.2) is 29.2 Å². The molecule has 1 saturated carbocycles. The number of pyridine rings is 2. The molecule has 0 amide bonds. The van der Waals surface area contributed by atoms with Crippen molar-refractivity contribution in [3.63, 3.8) is 0 Å². The molecular weight excluding hydrogens is 356 g/mol. The Morgan fingerprint density at radius 2 is 2.07 bits per heavy atom. The fourth-order valence-corrected chi connectivity index (χ4v) is 5.42. The van der Waals surface area contributed by atoms with Crippen molar-refractivity contribution in [3.8, 4) is 10.6 Å². The van der Waals surface area contributed by atoms with Crippen LogP contribution in [0.2, 0.25) is 0 Å². The third-order valence-corrected chi connectivity index (χ3v) is 7.25. The van der Waals surface area contributed by atoms with Gasteiger partial charge in [0.05, 0.1) is 21.5 Å². The van der Waals surface area contributed by atoms with Crippen molar-refractivity contribution in [2.45, 2.75) is 57.9 Å². The van der Waals surface area contributed by atoms with E-state index in [0.29, 0.717) is 23.0 Å². The first kappa shape index (κ1) is 16.9. The van der Waals surface area contributed by atoms with Gasteiger partial charge in [0, 0.05) is 17.1 Å². The summed E-state index contributed by atoms with van der Waals surface area (Å²) in [6.07, 6.45) is 7.54. The maximum Gasteiger partial charge on any atom is 0.201 e. The van der Waals surface area contributed by atoms with Gasteiger partial charge in [-0.3, -0.25) is 9.59 Å². The number of thiophene rings is 1. The van der Waals surface area contributed by atoms with Crippen LogP contribution in [0.25, 0.3) is 21.6 Å². The number of carbonyl (C=O) groups excluding carboxylic acids is 1. The summed E-state index contributed by atoms with van der Waals surface area (Å²) in [7, 11) is 0. The molecule has 0 bridgehead atoms. The highest BCUT2D eigenvalue weighted by Crippen LogP contribution is 2.41. The molecule has 0 spiro atoms. The van der Waals surface area contributed by atoms with Gasteiger partial charge in [-0.25, -0.2) is 4.98 Å². The van der Waals surface area contributed by atoms with Gasteiger partial charge in [0.2, 0.25) is 5.43 Å². The first-order chi connectivity index (χ1) is 13.0. The van der Waals surface area contributed by atoms with E-state index < -0.39 is 0 Å². The average molecular weight is 378 g/mol. The second-order valence-electron chi connectivity index (χ2n) is 7.93. The molecule has 5 heteroatoms. The predicted molar refractivity (Wildman–Crippen MR) is 109 cm³/mol. The highest BCUT2D eigenvalue weighted by molar-refractivity contribution is 7.15. The minimum atomic E-state index is -0.201. The molecule has 1 fully saturated rings. The number of ketones is 1. The number of aromatic nitrogens is 2. The van der Waals surface area contributed by atoms with Gasteiger partial charge in [-0.2, -0.15) is 0 Å². The van der Waals surface area contributed by atoms with Crippen molar-refractivity contribution in [2.75, 3.05) is 0 Å². The lowest BCUT2D eigenvalue weighted by atomic mass is 9.91. The van der Waals surface area contributed by atoms with Crippen LogP contribution in [0.1, 0.15) is 72.3 Å². The SMILES string of the molecule is CC(=O)c1cn(C2CC2)c2nc(-c3cc4c(s3)C(C)CCC4)ccc2c1=O. The maximum atomic E-state index is 12.7. The van der Waals surface area contributed by atoms with Crippen molar-refractivity contribution < 1.29 is 4.79 Å². The van der Waals surface area contributed by atoms with Crippen LogP contribution in [0.3, 0.4) is 0 Å². The van der Waals surface area contributed by atoms with Crippen LogP contribution in [0.5, 0.6) is 0 Å². The first-order valence-electron chi connectivity index (χ1n) is 9.72. The molecule has 27 heavy (non-hydrogen) atoms. The average Bonchev–Trinajstić information content (AvgIpc) is 3.39. The maximum absolute atomic E-state index is 12.7. The van der Waals surface area contributed by atoms with Gasteiger partial charge < -0.3 is 4.57 Å². The minimum absolute atomic E-state index is 0.180. The molecule has 3 aromatic rings. The van der Waals surface area contributed by atoms with Crippen molar-refractivity contribution in [2.24, 2.45) is 0 Å². The van der Waals surface area contributed by atoms with Crippen LogP contribution >= 0.6 is 11.3 Å². The third kappa shape index (κ3) is 2.76. The van der Waals surface area contributed by atoms with E-state index in [1.165, 1.54) is 35.1 Å². The Morgan fingerprint density at radius 3 is 2.78 bits per heavy atom. The van der Waals surface area contributed by atoms with Crippen molar-refractivity contribution in [1.82, 2.24) is 9.55 Å². The van der Waals surface area contributed by atoms with Crippen molar-refractivity contribution in [3.05, 3.63) is 50.6 Å². The number of Topliss-reactive ketones (excluding diaryl/α,β-unsaturated/α-hetero) is 1. The Bertz CT molecular complexity index is 1140. The number of hydrogen-bond acceptors (Lipinski definition) is 4. The largest absolute Gasteiger partial charge is 0.328 e. The van der Waals surface area contributed by atoms with E-state index in [1.807, 2.05) is 28.0 Å². The zero-order chi connectivity index (χ0) is 18.7. The van der Waals surface area contributed by atoms with Gasteiger partial charge in [0.1, 0.15) is 5.65 Å². The molecule has 5 rings (SSSR count). The topological polar surface area (TPSA) is 52.0 Å². The number of nitrogens with zero attached hydrogens (tertiary/aromatic N) is 2. The van der Waals surface area contributed by atoms with E-state index in [2.05, 4.69) is 13.0 Å². The van der Waals surface area contributed by atoms with Crippen LogP contribution in [0, 0.1) is 0 Å². The summed E-state index contributed by atoms with van der Waals surface area (Å²) in [5.74, 6) is 0.441. The smallest absolute Gasteiger partial charge is 0.201 e. The molecule has 138 valence electrons. The molecule has 1 atom stereocenters. The summed E-state index contributed by atoms with van der Waals surface area (Å²) < 4.78 is 2.05. The molecule has 2 aliphatic rings. The number of rotatable bonds is 3. The molecule has 0 aromatic carbocycles. The van der Waals surface area contributed by atoms with Gasteiger partial charge in [-0.15, -0.1) is 11.3 Å². The highest BCUT2D eigenvalue weighted by atomic mass is 32.1. The monoisotopic (exact) mass is 378 g/mol. The molecule has 4 nitrogen and oxygen atoms in total. The summed E-state index contributed by atoms with van der Waals surface area (Å²) in [4.78, 5) is 32.2. The van der Waals surface area contributed by atoms with Crippen molar-refractivity contribution >= 4 is 28.2 Å². The van der Waals surface area contributed by atoms with Crippen LogP contribution in [-0.4, -0.2) is 15.3 Å². The molecule has 3 aromatic heterocycles. The zero-order valence-corrected chi connectivity index (χ0v) is 16.4. The molecule has 1 unspecified atom stereocenters. The number of carbonyl (C=O) groups is 1. The van der Waals surface area contributed by atoms with Gasteiger partial charge >= 0.3 is 0 Å². The fourth-order valence-electron chi connectivity index (χ4n) is 4.16. The molecule has 0 saturated heterocycles. The van der Waals surface area contributed by atoms with Crippen molar-refractivity contribution in [1.29, 1.82) is 0 Å². The number of fused-ring (bicyclic) bond motifs is 2. The molecule has 0 radical (unpaired) electrons. The normalized spacial score (nSPS) is 19.3. The lowest BCUT2D eigenvalue weighted by molar-refractivity contribution is 0.101. The Labute approximate surface area is 161 Å². The van der Waals surface area contributed by atoms with E-state index in [-0.39, 0.29) is 16.8 Å². The van der Waals surface area contributed by atoms with E-state index in [4.69, 9.17) is 4.98 Å². The van der Waals surface area contributed by atoms with Gasteiger partial charge in [0.15, 0.2) is 5.78 Å². The summed E-state index contributed by atoms with van der Waals surface area (Å²) in [5, 5.41) is 0.549. The lowest BCUT2D eigenvalue weighted by Gasteiger charge is -2.17. The van der Waals surface area contributed by atoms with Crippen LogP contribution < -0.4 is 5.43 Å². The Morgan fingerprint density at radius 1 is 1.26 bits per heavy atom. The minimum Gasteiger partial charge on any atom is -0.328 e.